The van der Waals surface area contributed by atoms with E-state index in [-0.39, 0.29) is 37.0 Å². The Kier molecular flexibility index (Phi) is 7.93. The standard InChI is InChI=1S/C35H38FN3O6S/c1-33(2,3)46(42,43)39-34(4)20-44-32-26(34)19-29(38-31(32)21-8-10-24(36)11-9-21)35(5,41)15-14-27(40)23-17-22-7-6-16-37-30(22)28(18-23)45-25-12-13-25/h6-11,16-19,25,39,41H,12-15,20H2,1-5H3/t34-,35-/m0/s1. The molecule has 0 saturated heterocycles. The average molecular weight is 648 g/mol. The zero-order chi connectivity index (χ0) is 33.1. The Morgan fingerprint density at radius 2 is 1.85 bits per heavy atom. The largest absolute Gasteiger partial charge is 0.489 e. The van der Waals surface area contributed by atoms with E-state index in [1.165, 1.54) is 12.1 Å². The first kappa shape index (κ1) is 32.0. The van der Waals surface area contributed by atoms with Crippen LogP contribution in [0.15, 0.2) is 60.8 Å². The molecule has 1 saturated carbocycles. The highest BCUT2D eigenvalue weighted by molar-refractivity contribution is 7.90. The molecule has 1 aliphatic carbocycles. The minimum atomic E-state index is -3.81. The summed E-state index contributed by atoms with van der Waals surface area (Å²) in [7, 11) is -3.81. The van der Waals surface area contributed by atoms with Gasteiger partial charge >= 0.3 is 0 Å². The summed E-state index contributed by atoms with van der Waals surface area (Å²) in [6, 6.07) is 14.5. The smallest absolute Gasteiger partial charge is 0.217 e. The van der Waals surface area contributed by atoms with Gasteiger partial charge in [-0.05, 0) is 102 Å². The molecule has 46 heavy (non-hydrogen) atoms. The van der Waals surface area contributed by atoms with E-state index in [2.05, 4.69) is 9.71 Å². The lowest BCUT2D eigenvalue weighted by Crippen LogP contribution is -2.50. The van der Waals surface area contributed by atoms with Gasteiger partial charge in [0.25, 0.3) is 0 Å². The number of carbonyl (C=O) groups excluding carboxylic acids is 1. The van der Waals surface area contributed by atoms with Crippen LogP contribution in [0.25, 0.3) is 22.2 Å². The fourth-order valence-electron chi connectivity index (χ4n) is 5.40. The highest BCUT2D eigenvalue weighted by Crippen LogP contribution is 2.46. The number of aromatic nitrogens is 2. The van der Waals surface area contributed by atoms with Gasteiger partial charge in [0.1, 0.15) is 35.0 Å². The second-order valence-electron chi connectivity index (χ2n) is 13.6. The Morgan fingerprint density at radius 3 is 2.52 bits per heavy atom. The van der Waals surface area contributed by atoms with E-state index in [1.807, 2.05) is 6.07 Å². The van der Waals surface area contributed by atoms with Crippen LogP contribution in [-0.2, 0) is 21.2 Å². The maximum Gasteiger partial charge on any atom is 0.217 e. The lowest BCUT2D eigenvalue weighted by atomic mass is 9.88. The van der Waals surface area contributed by atoms with Crippen molar-refractivity contribution in [3.05, 3.63) is 83.4 Å². The van der Waals surface area contributed by atoms with Crippen LogP contribution in [0, 0.1) is 5.82 Å². The third-order valence-corrected chi connectivity index (χ3v) is 10.9. The van der Waals surface area contributed by atoms with Crippen molar-refractivity contribution in [1.82, 2.24) is 14.7 Å². The van der Waals surface area contributed by atoms with Crippen molar-refractivity contribution in [3.63, 3.8) is 0 Å². The van der Waals surface area contributed by atoms with Gasteiger partial charge in [-0.3, -0.25) is 9.78 Å². The van der Waals surface area contributed by atoms with E-state index in [4.69, 9.17) is 14.5 Å². The zero-order valence-electron chi connectivity index (χ0n) is 26.6. The SMILES string of the molecule is CC(C)(C)S(=O)(=O)N[C@@]1(C)COc2c1cc([C@@](C)(O)CCC(=O)c1cc(OC3CC3)c3ncccc3c1)nc2-c1ccc(F)cc1. The van der Waals surface area contributed by atoms with Gasteiger partial charge in [0.05, 0.1) is 22.1 Å². The molecule has 9 nitrogen and oxygen atoms in total. The molecule has 0 bridgehead atoms. The molecule has 11 heteroatoms. The van der Waals surface area contributed by atoms with E-state index in [1.54, 1.807) is 77.2 Å². The number of nitrogens with one attached hydrogen (secondary N) is 1. The second kappa shape index (κ2) is 11.4. The number of hydrogen-bond acceptors (Lipinski definition) is 8. The van der Waals surface area contributed by atoms with Crippen molar-refractivity contribution in [3.8, 4) is 22.8 Å². The molecule has 4 aromatic rings. The Bertz CT molecular complexity index is 1930. The predicted molar refractivity (Wildman–Crippen MR) is 173 cm³/mol. The number of ether oxygens (including phenoxy) is 2. The van der Waals surface area contributed by atoms with E-state index in [0.29, 0.717) is 39.4 Å². The first-order valence-electron chi connectivity index (χ1n) is 15.4. The summed E-state index contributed by atoms with van der Waals surface area (Å²) in [5, 5.41) is 12.6. The number of hydrogen-bond donors (Lipinski definition) is 2. The Balaban J connectivity index is 1.34. The van der Waals surface area contributed by atoms with Crippen molar-refractivity contribution in [2.45, 2.75) is 82.3 Å². The number of halogens is 1. The fraction of sp³-hybridized carbons (Fsp3) is 0.400. The molecule has 0 radical (unpaired) electrons. The van der Waals surface area contributed by atoms with E-state index in [0.717, 1.165) is 18.2 Å². The number of carbonyl (C=O) groups is 1. The van der Waals surface area contributed by atoms with Crippen molar-refractivity contribution in [1.29, 1.82) is 0 Å². The molecule has 2 N–H and O–H groups in total. The van der Waals surface area contributed by atoms with Crippen LogP contribution in [0.1, 0.15) is 81.9 Å². The molecule has 2 atom stereocenters. The van der Waals surface area contributed by atoms with Gasteiger partial charge < -0.3 is 14.6 Å². The molecule has 2 aliphatic rings. The van der Waals surface area contributed by atoms with Gasteiger partial charge in [-0.1, -0.05) is 6.07 Å². The summed E-state index contributed by atoms with van der Waals surface area (Å²) in [6.45, 7) is 8.08. The lowest BCUT2D eigenvalue weighted by Gasteiger charge is -2.30. The van der Waals surface area contributed by atoms with Gasteiger partial charge in [-0.25, -0.2) is 22.5 Å². The maximum absolute atomic E-state index is 13.8. The molecule has 0 amide bonds. The first-order chi connectivity index (χ1) is 21.6. The third-order valence-electron chi connectivity index (χ3n) is 8.56. The highest BCUT2D eigenvalue weighted by Gasteiger charge is 2.45. The highest BCUT2D eigenvalue weighted by atomic mass is 32.2. The van der Waals surface area contributed by atoms with Crippen molar-refractivity contribution in [2.24, 2.45) is 0 Å². The molecule has 1 aliphatic heterocycles. The Morgan fingerprint density at radius 1 is 1.13 bits per heavy atom. The van der Waals surface area contributed by atoms with Crippen LogP contribution < -0.4 is 14.2 Å². The summed E-state index contributed by atoms with van der Waals surface area (Å²) in [4.78, 5) is 22.7. The van der Waals surface area contributed by atoms with E-state index < -0.39 is 31.7 Å². The lowest BCUT2D eigenvalue weighted by molar-refractivity contribution is 0.0396. The summed E-state index contributed by atoms with van der Waals surface area (Å²) < 4.78 is 54.2. The quantitative estimate of drug-likeness (QED) is 0.196. The summed E-state index contributed by atoms with van der Waals surface area (Å²) in [5.74, 6) is 0.296. The average Bonchev–Trinajstić information content (AvgIpc) is 3.76. The number of fused-ring (bicyclic) bond motifs is 2. The number of Topliss-reactive ketones (excluding diaryl/α,β-unsaturated/α-hetero) is 1. The van der Waals surface area contributed by atoms with Gasteiger partial charge in [-0.15, -0.1) is 0 Å². The van der Waals surface area contributed by atoms with Crippen LogP contribution in [0.3, 0.4) is 0 Å². The molecule has 242 valence electrons. The monoisotopic (exact) mass is 647 g/mol. The molecule has 3 heterocycles. The predicted octanol–water partition coefficient (Wildman–Crippen LogP) is 6.17. The minimum Gasteiger partial charge on any atom is -0.489 e. The fourth-order valence-corrected chi connectivity index (χ4v) is 6.47. The minimum absolute atomic E-state index is 0.00327. The van der Waals surface area contributed by atoms with Crippen LogP contribution in [0.2, 0.25) is 0 Å². The van der Waals surface area contributed by atoms with Gasteiger partial charge in [0.15, 0.2) is 11.5 Å². The summed E-state index contributed by atoms with van der Waals surface area (Å²) in [5.41, 5.74) is -0.0526. The molecule has 1 fully saturated rings. The summed E-state index contributed by atoms with van der Waals surface area (Å²) in [6.07, 6.45) is 3.76. The van der Waals surface area contributed by atoms with Crippen molar-refractivity contribution < 1.29 is 32.2 Å². The summed E-state index contributed by atoms with van der Waals surface area (Å²) >= 11 is 0. The van der Waals surface area contributed by atoms with Crippen LogP contribution in [0.4, 0.5) is 4.39 Å². The molecular formula is C35H38FN3O6S. The number of nitrogens with zero attached hydrogens (tertiary/aromatic N) is 2. The Hall–Kier alpha value is -3.93. The number of pyridine rings is 2. The van der Waals surface area contributed by atoms with Crippen LogP contribution >= 0.6 is 0 Å². The normalized spacial score (nSPS) is 19.4. The molecule has 6 rings (SSSR count). The first-order valence-corrected chi connectivity index (χ1v) is 16.8. The van der Waals surface area contributed by atoms with Gasteiger partial charge in [0.2, 0.25) is 10.0 Å². The zero-order valence-corrected chi connectivity index (χ0v) is 27.4. The Labute approximate surface area is 268 Å². The number of benzene rings is 2. The second-order valence-corrected chi connectivity index (χ2v) is 16.1. The van der Waals surface area contributed by atoms with Crippen molar-refractivity contribution in [2.75, 3.05) is 6.61 Å². The molecule has 2 aromatic carbocycles. The number of aliphatic hydroxyl groups is 1. The number of sulfonamides is 1. The third kappa shape index (κ3) is 6.23. The number of ketones is 1. The van der Waals surface area contributed by atoms with Crippen LogP contribution in [0.5, 0.6) is 11.5 Å². The van der Waals surface area contributed by atoms with E-state index >= 15 is 0 Å². The van der Waals surface area contributed by atoms with Crippen molar-refractivity contribution >= 4 is 26.7 Å². The maximum atomic E-state index is 13.8. The van der Waals surface area contributed by atoms with Gasteiger partial charge in [-0.2, -0.15) is 0 Å². The molecule has 0 spiro atoms. The molecular weight excluding hydrogens is 609 g/mol. The topological polar surface area (TPSA) is 128 Å². The molecule has 2 aromatic heterocycles. The van der Waals surface area contributed by atoms with E-state index in [9.17, 15) is 22.7 Å². The number of rotatable bonds is 10. The van der Waals surface area contributed by atoms with Gasteiger partial charge in [0, 0.05) is 34.7 Å². The van der Waals surface area contributed by atoms with Crippen LogP contribution in [-0.4, -0.2) is 46.7 Å². The molecule has 0 unspecified atom stereocenters.